The molecule has 0 aliphatic carbocycles. The van der Waals surface area contributed by atoms with Gasteiger partial charge in [-0.25, -0.2) is 0 Å². The molecular formula is C23H27NO2. The number of ether oxygens (including phenoxy) is 1. The third-order valence-corrected chi connectivity index (χ3v) is 5.29. The van der Waals surface area contributed by atoms with Gasteiger partial charge in [0.1, 0.15) is 5.75 Å². The second-order valence-electron chi connectivity index (χ2n) is 7.17. The normalized spacial score (nSPS) is 12.3. The average Bonchev–Trinajstić information content (AvgIpc) is 2.92. The van der Waals surface area contributed by atoms with Gasteiger partial charge >= 0.3 is 0 Å². The quantitative estimate of drug-likeness (QED) is 0.605. The molecule has 3 nitrogen and oxygen atoms in total. The molecule has 0 spiro atoms. The maximum absolute atomic E-state index is 13.2. The van der Waals surface area contributed by atoms with Gasteiger partial charge in [-0.05, 0) is 62.1 Å². The zero-order valence-electron chi connectivity index (χ0n) is 16.3. The Balaban J connectivity index is 2.19. The number of rotatable bonds is 5. The maximum atomic E-state index is 13.2. The molecule has 3 heteroatoms. The topological polar surface area (TPSA) is 31.2 Å². The van der Waals surface area contributed by atoms with E-state index >= 15 is 0 Å². The van der Waals surface area contributed by atoms with Crippen molar-refractivity contribution in [2.24, 2.45) is 5.92 Å². The van der Waals surface area contributed by atoms with Gasteiger partial charge in [-0.1, -0.05) is 38.0 Å². The summed E-state index contributed by atoms with van der Waals surface area (Å²) in [6.07, 6.45) is 2.07. The molecule has 1 aromatic heterocycles. The van der Waals surface area contributed by atoms with E-state index in [1.165, 1.54) is 5.56 Å². The molecule has 0 saturated heterocycles. The van der Waals surface area contributed by atoms with Gasteiger partial charge in [-0.2, -0.15) is 0 Å². The summed E-state index contributed by atoms with van der Waals surface area (Å²) < 4.78 is 7.28. The van der Waals surface area contributed by atoms with Crippen LogP contribution in [0, 0.1) is 19.8 Å². The van der Waals surface area contributed by atoms with Crippen LogP contribution in [0.25, 0.3) is 10.9 Å². The van der Waals surface area contributed by atoms with Gasteiger partial charge in [0.2, 0.25) is 0 Å². The molecule has 1 unspecified atom stereocenters. The lowest BCUT2D eigenvalue weighted by molar-refractivity contribution is 0.0963. The van der Waals surface area contributed by atoms with Crippen molar-refractivity contribution in [1.82, 2.24) is 4.57 Å². The van der Waals surface area contributed by atoms with Crippen molar-refractivity contribution < 1.29 is 9.53 Å². The number of carbonyl (C=O) groups excluding carboxylic acids is 1. The van der Waals surface area contributed by atoms with E-state index in [9.17, 15) is 4.79 Å². The number of hydrogen-bond acceptors (Lipinski definition) is 2. The van der Waals surface area contributed by atoms with E-state index in [0.29, 0.717) is 11.5 Å². The number of aryl methyl sites for hydroxylation is 1. The number of carbonyl (C=O) groups is 1. The fourth-order valence-corrected chi connectivity index (χ4v) is 3.43. The molecule has 3 rings (SSSR count). The van der Waals surface area contributed by atoms with Crippen LogP contribution < -0.4 is 4.74 Å². The SMILES string of the molecule is CCC(C)Cc1c(C)n(C(=O)c2ccc(C)cc2)c2ccc(OC)cc12. The van der Waals surface area contributed by atoms with Crippen molar-refractivity contribution in [3.05, 3.63) is 64.8 Å². The van der Waals surface area contributed by atoms with Crippen molar-refractivity contribution in [2.75, 3.05) is 7.11 Å². The Bertz CT molecular complexity index is 935. The Morgan fingerprint density at radius 3 is 2.42 bits per heavy atom. The summed E-state index contributed by atoms with van der Waals surface area (Å²) >= 11 is 0. The van der Waals surface area contributed by atoms with Gasteiger partial charge in [0.05, 0.1) is 12.6 Å². The number of aromatic nitrogens is 1. The van der Waals surface area contributed by atoms with Crippen LogP contribution in [0.2, 0.25) is 0 Å². The summed E-state index contributed by atoms with van der Waals surface area (Å²) in [4.78, 5) is 13.2. The van der Waals surface area contributed by atoms with Crippen molar-refractivity contribution in [2.45, 2.75) is 40.5 Å². The number of nitrogens with zero attached hydrogens (tertiary/aromatic N) is 1. The second kappa shape index (κ2) is 7.36. The largest absolute Gasteiger partial charge is 0.497 e. The molecule has 0 aliphatic heterocycles. The van der Waals surface area contributed by atoms with E-state index in [-0.39, 0.29) is 5.91 Å². The molecule has 0 fully saturated rings. The minimum absolute atomic E-state index is 0.0214. The van der Waals surface area contributed by atoms with Crippen LogP contribution in [0.15, 0.2) is 42.5 Å². The van der Waals surface area contributed by atoms with E-state index in [0.717, 1.165) is 40.8 Å². The fourth-order valence-electron chi connectivity index (χ4n) is 3.43. The van der Waals surface area contributed by atoms with Crippen molar-refractivity contribution in [1.29, 1.82) is 0 Å². The molecule has 136 valence electrons. The predicted molar refractivity (Wildman–Crippen MR) is 107 cm³/mol. The van der Waals surface area contributed by atoms with Gasteiger partial charge in [0.25, 0.3) is 5.91 Å². The molecule has 0 saturated carbocycles. The standard InChI is InChI=1S/C23H27NO2/c1-6-15(2)13-20-17(4)24(22-12-11-19(26-5)14-21(20)22)23(25)18-9-7-16(3)8-10-18/h7-12,14-15H,6,13H2,1-5H3. The van der Waals surface area contributed by atoms with Crippen LogP contribution in [0.5, 0.6) is 5.75 Å². The first-order valence-corrected chi connectivity index (χ1v) is 9.25. The molecule has 0 amide bonds. The summed E-state index contributed by atoms with van der Waals surface area (Å²) in [7, 11) is 1.68. The van der Waals surface area contributed by atoms with E-state index in [2.05, 4.69) is 26.8 Å². The third kappa shape index (κ3) is 3.26. The van der Waals surface area contributed by atoms with Gasteiger partial charge in [0.15, 0.2) is 0 Å². The molecule has 3 aromatic rings. The third-order valence-electron chi connectivity index (χ3n) is 5.29. The molecule has 0 aliphatic rings. The van der Waals surface area contributed by atoms with Crippen LogP contribution in [0.4, 0.5) is 0 Å². The Kier molecular flexibility index (Phi) is 5.17. The smallest absolute Gasteiger partial charge is 0.262 e. The lowest BCUT2D eigenvalue weighted by atomic mass is 9.97. The summed E-state index contributed by atoms with van der Waals surface area (Å²) in [5.74, 6) is 1.41. The molecule has 1 heterocycles. The molecule has 26 heavy (non-hydrogen) atoms. The molecule has 2 aromatic carbocycles. The van der Waals surface area contributed by atoms with E-state index in [4.69, 9.17) is 4.74 Å². The first-order chi connectivity index (χ1) is 12.5. The van der Waals surface area contributed by atoms with Gasteiger partial charge in [-0.15, -0.1) is 0 Å². The number of hydrogen-bond donors (Lipinski definition) is 0. The second-order valence-corrected chi connectivity index (χ2v) is 7.17. The van der Waals surface area contributed by atoms with E-state index in [1.807, 2.05) is 47.9 Å². The Hall–Kier alpha value is -2.55. The summed E-state index contributed by atoms with van der Waals surface area (Å²) in [5.41, 5.74) is 5.08. The van der Waals surface area contributed by atoms with E-state index in [1.54, 1.807) is 7.11 Å². The molecule has 0 radical (unpaired) electrons. The van der Waals surface area contributed by atoms with Crippen LogP contribution in [-0.4, -0.2) is 17.6 Å². The average molecular weight is 349 g/mol. The van der Waals surface area contributed by atoms with Crippen molar-refractivity contribution in [3.8, 4) is 5.75 Å². The highest BCUT2D eigenvalue weighted by Gasteiger charge is 2.21. The van der Waals surface area contributed by atoms with E-state index < -0.39 is 0 Å². The predicted octanol–water partition coefficient (Wildman–Crippen LogP) is 5.54. The highest BCUT2D eigenvalue weighted by atomic mass is 16.5. The number of benzene rings is 2. The highest BCUT2D eigenvalue weighted by molar-refractivity contribution is 6.04. The first-order valence-electron chi connectivity index (χ1n) is 9.25. The highest BCUT2D eigenvalue weighted by Crippen LogP contribution is 2.32. The molecule has 0 bridgehead atoms. The summed E-state index contributed by atoms with van der Waals surface area (Å²) in [6, 6.07) is 13.7. The monoisotopic (exact) mass is 349 g/mol. The van der Waals surface area contributed by atoms with Crippen LogP contribution in [0.3, 0.4) is 0 Å². The Morgan fingerprint density at radius 2 is 1.81 bits per heavy atom. The summed E-state index contributed by atoms with van der Waals surface area (Å²) in [5, 5.41) is 1.11. The number of fused-ring (bicyclic) bond motifs is 1. The van der Waals surface area contributed by atoms with Gasteiger partial charge in [-0.3, -0.25) is 9.36 Å². The zero-order chi connectivity index (χ0) is 18.8. The van der Waals surface area contributed by atoms with Crippen molar-refractivity contribution in [3.63, 3.8) is 0 Å². The van der Waals surface area contributed by atoms with Crippen LogP contribution >= 0.6 is 0 Å². The van der Waals surface area contributed by atoms with Gasteiger partial charge in [0, 0.05) is 16.6 Å². The minimum atomic E-state index is 0.0214. The number of methoxy groups -OCH3 is 1. The molecular weight excluding hydrogens is 322 g/mol. The zero-order valence-corrected chi connectivity index (χ0v) is 16.3. The van der Waals surface area contributed by atoms with Crippen molar-refractivity contribution >= 4 is 16.8 Å². The lowest BCUT2D eigenvalue weighted by Crippen LogP contribution is -2.14. The van der Waals surface area contributed by atoms with Crippen LogP contribution in [-0.2, 0) is 6.42 Å². The molecule has 0 N–H and O–H groups in total. The fraction of sp³-hybridized carbons (Fsp3) is 0.348. The minimum Gasteiger partial charge on any atom is -0.497 e. The Labute approximate surface area is 155 Å². The summed E-state index contributed by atoms with van der Waals surface area (Å²) in [6.45, 7) is 8.54. The molecule has 1 atom stereocenters. The first kappa shape index (κ1) is 18.2. The lowest BCUT2D eigenvalue weighted by Gasteiger charge is -2.10. The Morgan fingerprint density at radius 1 is 1.12 bits per heavy atom. The maximum Gasteiger partial charge on any atom is 0.262 e. The van der Waals surface area contributed by atoms with Crippen LogP contribution in [0.1, 0.15) is 47.4 Å². The van der Waals surface area contributed by atoms with Gasteiger partial charge < -0.3 is 4.74 Å².